The number of hydrazine groups is 1. The minimum absolute atomic E-state index is 0.0725. The highest BCUT2D eigenvalue weighted by Crippen LogP contribution is 2.30. The number of amides is 2. The zero-order chi connectivity index (χ0) is 19.3. The predicted octanol–water partition coefficient (Wildman–Crippen LogP) is 2.14. The van der Waals surface area contributed by atoms with Crippen molar-refractivity contribution in [3.05, 3.63) is 84.2 Å². The van der Waals surface area contributed by atoms with E-state index in [4.69, 9.17) is 9.47 Å². The van der Waals surface area contributed by atoms with Gasteiger partial charge in [0.2, 0.25) is 6.10 Å². The topological polar surface area (TPSA) is 81.6 Å². The second-order valence-corrected chi connectivity index (χ2v) is 6.31. The van der Waals surface area contributed by atoms with E-state index >= 15 is 0 Å². The highest BCUT2D eigenvalue weighted by molar-refractivity contribution is 5.94. The van der Waals surface area contributed by atoms with Crippen molar-refractivity contribution >= 4 is 11.8 Å². The molecule has 2 N–H and O–H groups in total. The molecule has 7 nitrogen and oxygen atoms in total. The molecule has 1 aliphatic heterocycles. The van der Waals surface area contributed by atoms with Crippen LogP contribution >= 0.6 is 0 Å². The number of aromatic nitrogens is 1. The molecule has 0 saturated heterocycles. The summed E-state index contributed by atoms with van der Waals surface area (Å²) >= 11 is 0. The van der Waals surface area contributed by atoms with Gasteiger partial charge in [-0.2, -0.15) is 0 Å². The monoisotopic (exact) mass is 377 g/mol. The van der Waals surface area contributed by atoms with E-state index in [9.17, 15) is 9.59 Å². The average Bonchev–Trinajstić information content (AvgIpc) is 3.20. The van der Waals surface area contributed by atoms with Gasteiger partial charge in [0.25, 0.3) is 11.8 Å². The summed E-state index contributed by atoms with van der Waals surface area (Å²) in [7, 11) is 0. The van der Waals surface area contributed by atoms with Gasteiger partial charge in [0, 0.05) is 12.7 Å². The summed E-state index contributed by atoms with van der Waals surface area (Å²) < 4.78 is 13.0. The van der Waals surface area contributed by atoms with E-state index in [2.05, 4.69) is 10.9 Å². The molecule has 0 radical (unpaired) electrons. The van der Waals surface area contributed by atoms with Gasteiger partial charge in [-0.3, -0.25) is 20.4 Å². The number of rotatable bonds is 4. The van der Waals surface area contributed by atoms with Crippen molar-refractivity contribution in [2.24, 2.45) is 0 Å². The molecule has 0 spiro atoms. The van der Waals surface area contributed by atoms with Crippen LogP contribution in [0.25, 0.3) is 0 Å². The molecule has 7 heteroatoms. The lowest BCUT2D eigenvalue weighted by Crippen LogP contribution is -2.51. The number of fused-ring (bicyclic) bond motifs is 1. The van der Waals surface area contributed by atoms with Crippen LogP contribution < -0.4 is 20.3 Å². The van der Waals surface area contributed by atoms with Crippen LogP contribution in [0.1, 0.15) is 16.1 Å². The Labute approximate surface area is 161 Å². The molecule has 2 heterocycles. The van der Waals surface area contributed by atoms with Gasteiger partial charge in [-0.15, -0.1) is 0 Å². The molecule has 142 valence electrons. The second kappa shape index (κ2) is 7.87. The van der Waals surface area contributed by atoms with Crippen molar-refractivity contribution in [1.82, 2.24) is 15.4 Å². The lowest BCUT2D eigenvalue weighted by molar-refractivity contribution is -0.131. The summed E-state index contributed by atoms with van der Waals surface area (Å²) in [6.45, 7) is 0.629. The smallest absolute Gasteiger partial charge is 0.286 e. The van der Waals surface area contributed by atoms with Crippen LogP contribution in [0.4, 0.5) is 0 Å². The molecule has 0 aliphatic carbocycles. The van der Waals surface area contributed by atoms with E-state index < -0.39 is 17.9 Å². The Hall–Kier alpha value is -3.74. The molecule has 28 heavy (non-hydrogen) atoms. The highest BCUT2D eigenvalue weighted by atomic mass is 16.6. The van der Waals surface area contributed by atoms with Crippen LogP contribution in [0.3, 0.4) is 0 Å². The Bertz CT molecular complexity index is 984. The first-order valence-corrected chi connectivity index (χ1v) is 8.88. The highest BCUT2D eigenvalue weighted by Gasteiger charge is 2.27. The number of nitrogens with zero attached hydrogens (tertiary/aromatic N) is 1. The maximum atomic E-state index is 12.5. The number of para-hydroxylation sites is 2. The van der Waals surface area contributed by atoms with Gasteiger partial charge in [0.1, 0.15) is 12.3 Å². The third kappa shape index (κ3) is 3.83. The van der Waals surface area contributed by atoms with E-state index in [0.29, 0.717) is 23.7 Å². The van der Waals surface area contributed by atoms with Crippen molar-refractivity contribution in [2.75, 3.05) is 6.61 Å². The lowest BCUT2D eigenvalue weighted by atomic mass is 10.2. The molecule has 2 aromatic carbocycles. The Morgan fingerprint density at radius 2 is 1.68 bits per heavy atom. The van der Waals surface area contributed by atoms with Gasteiger partial charge in [-0.05, 0) is 29.8 Å². The summed E-state index contributed by atoms with van der Waals surface area (Å²) in [5.74, 6) is 0.196. The molecule has 1 atom stereocenters. The summed E-state index contributed by atoms with van der Waals surface area (Å²) in [5, 5.41) is 0. The van der Waals surface area contributed by atoms with E-state index in [0.717, 1.165) is 5.56 Å². The molecule has 1 unspecified atom stereocenters. The van der Waals surface area contributed by atoms with E-state index in [-0.39, 0.29) is 6.61 Å². The number of carbonyl (C=O) groups is 2. The van der Waals surface area contributed by atoms with Gasteiger partial charge >= 0.3 is 0 Å². The number of carbonyl (C=O) groups excluding carboxylic acids is 2. The average molecular weight is 377 g/mol. The molecular weight excluding hydrogens is 358 g/mol. The quantitative estimate of drug-likeness (QED) is 0.683. The first-order chi connectivity index (χ1) is 13.7. The first-order valence-electron chi connectivity index (χ1n) is 8.88. The zero-order valence-corrected chi connectivity index (χ0v) is 15.0. The molecule has 0 fully saturated rings. The number of ether oxygens (including phenoxy) is 2. The fourth-order valence-corrected chi connectivity index (χ4v) is 2.95. The predicted molar refractivity (Wildman–Crippen MR) is 102 cm³/mol. The van der Waals surface area contributed by atoms with E-state index in [1.807, 2.05) is 47.2 Å². The van der Waals surface area contributed by atoms with Gasteiger partial charge in [0.05, 0.1) is 0 Å². The maximum absolute atomic E-state index is 12.5. The van der Waals surface area contributed by atoms with E-state index in [1.165, 1.54) is 0 Å². The standard InChI is InChI=1S/C21H19N3O4/c25-20(16-9-6-12-24(16)13-15-7-2-1-3-8-15)22-23-21(26)19-14-27-17-10-4-5-11-18(17)28-19/h1-12,19H,13-14H2,(H,22,25)(H,23,26). The Morgan fingerprint density at radius 3 is 2.50 bits per heavy atom. The number of hydrogen-bond acceptors (Lipinski definition) is 4. The van der Waals surface area contributed by atoms with Crippen molar-refractivity contribution in [3.63, 3.8) is 0 Å². The van der Waals surface area contributed by atoms with Crippen LogP contribution in [0.5, 0.6) is 11.5 Å². The summed E-state index contributed by atoms with van der Waals surface area (Å²) in [5.41, 5.74) is 6.36. The van der Waals surface area contributed by atoms with Gasteiger partial charge in [0.15, 0.2) is 11.5 Å². The second-order valence-electron chi connectivity index (χ2n) is 6.31. The van der Waals surface area contributed by atoms with E-state index in [1.54, 1.807) is 30.3 Å². The van der Waals surface area contributed by atoms with Crippen molar-refractivity contribution in [2.45, 2.75) is 12.6 Å². The molecule has 1 aromatic heterocycles. The number of benzene rings is 2. The lowest BCUT2D eigenvalue weighted by Gasteiger charge is -2.25. The van der Waals surface area contributed by atoms with Gasteiger partial charge in [-0.25, -0.2) is 0 Å². The number of nitrogens with one attached hydrogen (secondary N) is 2. The summed E-state index contributed by atoms with van der Waals surface area (Å²) in [6.07, 6.45) is 0.977. The minimum atomic E-state index is -0.841. The summed E-state index contributed by atoms with van der Waals surface area (Å²) in [6, 6.07) is 20.4. The Kier molecular flexibility index (Phi) is 4.97. The fraction of sp³-hybridized carbons (Fsp3) is 0.143. The van der Waals surface area contributed by atoms with Crippen molar-refractivity contribution in [1.29, 1.82) is 0 Å². The van der Waals surface area contributed by atoms with Gasteiger partial charge < -0.3 is 14.0 Å². The molecule has 3 aromatic rings. The van der Waals surface area contributed by atoms with Crippen LogP contribution in [0.2, 0.25) is 0 Å². The SMILES string of the molecule is O=C(NNC(=O)C1COc2ccccc2O1)c1cccn1Cc1ccccc1. The minimum Gasteiger partial charge on any atom is -0.485 e. The van der Waals surface area contributed by atoms with Crippen molar-refractivity contribution < 1.29 is 19.1 Å². The maximum Gasteiger partial charge on any atom is 0.286 e. The third-order valence-corrected chi connectivity index (χ3v) is 4.36. The third-order valence-electron chi connectivity index (χ3n) is 4.36. The molecule has 2 amide bonds. The van der Waals surface area contributed by atoms with Crippen LogP contribution in [0.15, 0.2) is 72.9 Å². The molecule has 0 bridgehead atoms. The van der Waals surface area contributed by atoms with Crippen LogP contribution in [-0.2, 0) is 11.3 Å². The van der Waals surface area contributed by atoms with Crippen LogP contribution in [-0.4, -0.2) is 29.1 Å². The molecular formula is C21H19N3O4. The summed E-state index contributed by atoms with van der Waals surface area (Å²) in [4.78, 5) is 24.8. The molecule has 1 aliphatic rings. The Balaban J connectivity index is 1.35. The fourth-order valence-electron chi connectivity index (χ4n) is 2.95. The first kappa shape index (κ1) is 17.7. The van der Waals surface area contributed by atoms with Gasteiger partial charge in [-0.1, -0.05) is 42.5 Å². The molecule has 0 saturated carbocycles. The normalized spacial score (nSPS) is 14.9. The van der Waals surface area contributed by atoms with Crippen molar-refractivity contribution in [3.8, 4) is 11.5 Å². The number of hydrogen-bond donors (Lipinski definition) is 2. The zero-order valence-electron chi connectivity index (χ0n) is 15.0. The molecule has 4 rings (SSSR count). The Morgan fingerprint density at radius 1 is 0.929 bits per heavy atom. The largest absolute Gasteiger partial charge is 0.485 e. The van der Waals surface area contributed by atoms with Crippen LogP contribution in [0, 0.1) is 0 Å².